The molecule has 0 spiro atoms. The number of hydrogen-bond acceptors (Lipinski definition) is 0. The zero-order valence-electron chi connectivity index (χ0n) is 13.8. The highest BCUT2D eigenvalue weighted by Gasteiger charge is 2.50. The second-order valence-corrected chi connectivity index (χ2v) is 9.48. The molecular formula is C19H20F3IN+. The zero-order chi connectivity index (χ0) is 17.5. The van der Waals surface area contributed by atoms with Crippen LogP contribution in [0.1, 0.15) is 26.5 Å². The van der Waals surface area contributed by atoms with Crippen LogP contribution in [-0.2, 0) is 5.41 Å². The first-order chi connectivity index (χ1) is 11.2. The summed E-state index contributed by atoms with van der Waals surface area (Å²) in [5, 5.41) is 1.10. The van der Waals surface area contributed by atoms with Gasteiger partial charge in [-0.3, -0.25) is 0 Å². The number of hydrogen-bond donors (Lipinski definition) is 1. The van der Waals surface area contributed by atoms with Gasteiger partial charge >= 0.3 is 6.18 Å². The van der Waals surface area contributed by atoms with Gasteiger partial charge < -0.3 is 4.98 Å². The van der Waals surface area contributed by atoms with E-state index in [1.165, 1.54) is 0 Å². The number of rotatable bonds is 3. The molecule has 2 unspecified atom stereocenters. The van der Waals surface area contributed by atoms with Crippen molar-refractivity contribution in [1.82, 2.24) is 4.98 Å². The Morgan fingerprint density at radius 2 is 1.92 bits per heavy atom. The van der Waals surface area contributed by atoms with E-state index in [0.29, 0.717) is 0 Å². The molecule has 1 N–H and O–H groups in total. The van der Waals surface area contributed by atoms with Gasteiger partial charge in [-0.25, -0.2) is 0 Å². The van der Waals surface area contributed by atoms with Gasteiger partial charge in [-0.05, 0) is 43.9 Å². The Bertz CT molecular complexity index is 782. The molecule has 1 heterocycles. The molecule has 0 aliphatic heterocycles. The Kier molecular flexibility index (Phi) is 4.57. The largest absolute Gasteiger partial charge is 0.432 e. The van der Waals surface area contributed by atoms with Gasteiger partial charge in [-0.2, -0.15) is 13.2 Å². The lowest BCUT2D eigenvalue weighted by atomic mass is 9.76. The molecule has 0 saturated heterocycles. The van der Waals surface area contributed by atoms with Crippen LogP contribution in [0.25, 0.3) is 10.9 Å². The number of benzene rings is 1. The first kappa shape index (κ1) is 17.6. The highest BCUT2D eigenvalue weighted by atomic mass is 127. The molecule has 3 rings (SSSR count). The molecule has 2 aromatic rings. The Hall–Kier alpha value is -1.24. The third-order valence-electron chi connectivity index (χ3n) is 4.40. The molecule has 24 heavy (non-hydrogen) atoms. The first-order valence-corrected chi connectivity index (χ1v) is 10.6. The molecule has 1 aliphatic rings. The number of aromatic nitrogens is 1. The number of para-hydroxylation sites is 1. The standard InChI is InChI=1S/C19H20F3IN/c1-12-8-13(2)17(23-11-19(20,21)22)18(3,10-12)16-9-14-6-4-5-7-15(14)24-16/h4-10,17,24H,11H2,1-3H3/q+1. The molecular weight excluding hydrogens is 426 g/mol. The Balaban J connectivity index is 2.03. The smallest absolute Gasteiger partial charge is 0.358 e. The average molecular weight is 446 g/mol. The maximum absolute atomic E-state index is 12.8. The normalized spacial score (nSPS) is 24.8. The topological polar surface area (TPSA) is 15.8 Å². The highest BCUT2D eigenvalue weighted by Crippen LogP contribution is 2.36. The zero-order valence-corrected chi connectivity index (χ0v) is 16.0. The summed E-state index contributed by atoms with van der Waals surface area (Å²) in [7, 11) is 0. The summed E-state index contributed by atoms with van der Waals surface area (Å²) < 4.78 is 37.8. The summed E-state index contributed by atoms with van der Waals surface area (Å²) in [5.41, 5.74) is 3.79. The fourth-order valence-corrected chi connectivity index (χ4v) is 6.76. The molecule has 1 aromatic heterocycles. The Morgan fingerprint density at radius 3 is 2.58 bits per heavy atom. The van der Waals surface area contributed by atoms with E-state index in [1.54, 1.807) is 0 Å². The maximum Gasteiger partial charge on any atom is 0.432 e. The average Bonchev–Trinajstić information content (AvgIpc) is 2.89. The van der Waals surface area contributed by atoms with Gasteiger partial charge in [0.15, 0.2) is 3.92 Å². The fourth-order valence-electron chi connectivity index (χ4n) is 3.52. The van der Waals surface area contributed by atoms with E-state index in [1.807, 2.05) is 44.2 Å². The van der Waals surface area contributed by atoms with Crippen molar-refractivity contribution in [3.8, 4) is 0 Å². The fraction of sp³-hybridized carbons (Fsp3) is 0.368. The van der Waals surface area contributed by atoms with Crippen LogP contribution in [0.3, 0.4) is 0 Å². The van der Waals surface area contributed by atoms with Crippen molar-refractivity contribution < 1.29 is 34.4 Å². The van der Waals surface area contributed by atoms with Crippen molar-refractivity contribution >= 4 is 10.9 Å². The SMILES string of the molecule is CC1=CC(C)(c2cc3ccccc3[nH]2)C([I+]CC(F)(F)F)C(C)=C1. The van der Waals surface area contributed by atoms with Gasteiger partial charge in [-0.1, -0.05) is 35.9 Å². The lowest BCUT2D eigenvalue weighted by Gasteiger charge is -2.32. The predicted molar refractivity (Wildman–Crippen MR) is 87.9 cm³/mol. The molecule has 0 amide bonds. The first-order valence-electron chi connectivity index (χ1n) is 7.79. The van der Waals surface area contributed by atoms with Crippen LogP contribution in [0.15, 0.2) is 53.6 Å². The molecule has 0 fully saturated rings. The molecule has 2 atom stereocenters. The third kappa shape index (κ3) is 3.41. The minimum Gasteiger partial charge on any atom is -0.358 e. The van der Waals surface area contributed by atoms with E-state index in [4.69, 9.17) is 0 Å². The van der Waals surface area contributed by atoms with Gasteiger partial charge in [0.25, 0.3) is 21.2 Å². The summed E-state index contributed by atoms with van der Waals surface area (Å²) in [6.45, 7) is 6.05. The van der Waals surface area contributed by atoms with Gasteiger partial charge in [0.2, 0.25) is 4.43 Å². The van der Waals surface area contributed by atoms with Crippen LogP contribution in [0.5, 0.6) is 0 Å². The van der Waals surface area contributed by atoms with E-state index < -0.39 is 37.2 Å². The summed E-state index contributed by atoms with van der Waals surface area (Å²) in [4.78, 5) is 3.44. The van der Waals surface area contributed by atoms with Crippen molar-refractivity contribution in [2.24, 2.45) is 0 Å². The van der Waals surface area contributed by atoms with Crippen LogP contribution in [0.4, 0.5) is 13.2 Å². The highest BCUT2D eigenvalue weighted by molar-refractivity contribution is 5.80. The Morgan fingerprint density at radius 1 is 1.21 bits per heavy atom. The lowest BCUT2D eigenvalue weighted by Crippen LogP contribution is -3.67. The summed E-state index contributed by atoms with van der Waals surface area (Å²) in [5.74, 6) is 0. The predicted octanol–water partition coefficient (Wildman–Crippen LogP) is 2.35. The molecule has 1 aliphatic carbocycles. The van der Waals surface area contributed by atoms with Gasteiger partial charge in [0.1, 0.15) is 0 Å². The number of H-pyrrole nitrogens is 1. The van der Waals surface area contributed by atoms with E-state index in [0.717, 1.165) is 27.7 Å². The summed E-state index contributed by atoms with van der Waals surface area (Å²) in [6.07, 6.45) is 0.0851. The number of allylic oxidation sites excluding steroid dienone is 4. The maximum atomic E-state index is 12.8. The van der Waals surface area contributed by atoms with Gasteiger partial charge in [0.05, 0.1) is 5.41 Å². The number of alkyl halides is 5. The number of nitrogens with one attached hydrogen (secondary N) is 1. The van der Waals surface area contributed by atoms with Crippen LogP contribution >= 0.6 is 0 Å². The van der Waals surface area contributed by atoms with Crippen molar-refractivity contribution in [1.29, 1.82) is 0 Å². The monoisotopic (exact) mass is 446 g/mol. The van der Waals surface area contributed by atoms with Crippen LogP contribution < -0.4 is 21.2 Å². The summed E-state index contributed by atoms with van der Waals surface area (Å²) >= 11 is -1.05. The van der Waals surface area contributed by atoms with Crippen molar-refractivity contribution in [2.45, 2.75) is 36.3 Å². The minimum atomic E-state index is -4.08. The third-order valence-corrected chi connectivity index (χ3v) is 8.86. The molecule has 0 bridgehead atoms. The van der Waals surface area contributed by atoms with E-state index in [9.17, 15) is 13.2 Å². The van der Waals surface area contributed by atoms with E-state index >= 15 is 0 Å². The molecule has 1 nitrogen and oxygen atoms in total. The van der Waals surface area contributed by atoms with E-state index in [2.05, 4.69) is 24.1 Å². The van der Waals surface area contributed by atoms with Gasteiger partial charge in [-0.15, -0.1) is 0 Å². The molecule has 128 valence electrons. The van der Waals surface area contributed by atoms with Crippen molar-refractivity contribution in [2.75, 3.05) is 4.43 Å². The van der Waals surface area contributed by atoms with Crippen LogP contribution in [0.2, 0.25) is 0 Å². The molecule has 1 aromatic carbocycles. The minimum absolute atomic E-state index is 0.0605. The number of halogens is 4. The molecule has 5 heteroatoms. The summed E-state index contributed by atoms with van der Waals surface area (Å²) in [6, 6.07) is 10.1. The number of fused-ring (bicyclic) bond motifs is 1. The quantitative estimate of drug-likeness (QED) is 0.551. The Labute approximate surface area is 150 Å². The molecule has 0 radical (unpaired) electrons. The van der Waals surface area contributed by atoms with Crippen molar-refractivity contribution in [3.05, 3.63) is 59.3 Å². The molecule has 0 saturated carbocycles. The second-order valence-electron chi connectivity index (χ2n) is 6.60. The van der Waals surface area contributed by atoms with Crippen LogP contribution in [0, 0.1) is 0 Å². The lowest BCUT2D eigenvalue weighted by molar-refractivity contribution is -0.706. The van der Waals surface area contributed by atoms with Gasteiger partial charge in [0, 0.05) is 11.2 Å². The van der Waals surface area contributed by atoms with Crippen LogP contribution in [-0.4, -0.2) is 19.5 Å². The number of aromatic amines is 1. The second kappa shape index (κ2) is 6.24. The van der Waals surface area contributed by atoms with Crippen molar-refractivity contribution in [3.63, 3.8) is 0 Å². The van der Waals surface area contributed by atoms with E-state index in [-0.39, 0.29) is 3.92 Å².